The van der Waals surface area contributed by atoms with Crippen molar-refractivity contribution in [3.8, 4) is 0 Å². The highest BCUT2D eigenvalue weighted by molar-refractivity contribution is 5.57. The zero-order chi connectivity index (χ0) is 13.5. The van der Waals surface area contributed by atoms with Crippen molar-refractivity contribution in [1.82, 2.24) is 9.97 Å². The van der Waals surface area contributed by atoms with Crippen LogP contribution in [0.3, 0.4) is 0 Å². The van der Waals surface area contributed by atoms with Crippen LogP contribution in [0.1, 0.15) is 24.5 Å². The molecule has 1 aromatic heterocycles. The average molecular weight is 257 g/mol. The first kappa shape index (κ1) is 13.3. The lowest BCUT2D eigenvalue weighted by atomic mass is 10.1. The fourth-order valence-electron chi connectivity index (χ4n) is 1.96. The molecule has 0 atom stereocenters. The summed E-state index contributed by atoms with van der Waals surface area (Å²) in [6.07, 6.45) is 3.42. The van der Waals surface area contributed by atoms with Crippen molar-refractivity contribution in [2.75, 3.05) is 10.7 Å². The van der Waals surface area contributed by atoms with Crippen LogP contribution in [0.5, 0.6) is 0 Å². The highest BCUT2D eigenvalue weighted by Gasteiger charge is 2.09. The second-order valence-corrected chi connectivity index (χ2v) is 4.28. The lowest BCUT2D eigenvalue weighted by Crippen LogP contribution is -2.14. The van der Waals surface area contributed by atoms with E-state index >= 15 is 0 Å². The minimum atomic E-state index is 0.687. The number of hydrogen-bond acceptors (Lipinski definition) is 5. The molecule has 0 fully saturated rings. The van der Waals surface area contributed by atoms with Crippen molar-refractivity contribution in [2.24, 2.45) is 5.84 Å². The molecule has 4 N–H and O–H groups in total. The number of nitrogen functional groups attached to an aromatic ring is 1. The van der Waals surface area contributed by atoms with Gasteiger partial charge in [-0.1, -0.05) is 43.7 Å². The topological polar surface area (TPSA) is 75.9 Å². The second kappa shape index (κ2) is 6.70. The number of hydrazine groups is 1. The largest absolute Gasteiger partial charge is 0.366 e. The molecule has 0 radical (unpaired) electrons. The number of nitrogens with one attached hydrogen (secondary N) is 2. The zero-order valence-corrected chi connectivity index (χ0v) is 11.1. The van der Waals surface area contributed by atoms with Crippen molar-refractivity contribution >= 4 is 11.6 Å². The standard InChI is InChI=1S/C14H19N5/c1-2-6-12-13(17-10-18-14(12)19-15)16-9-11-7-4-3-5-8-11/h3-5,7-8,10H,2,6,9,15H2,1H3,(H2,16,17,18,19). The first-order valence-electron chi connectivity index (χ1n) is 6.43. The lowest BCUT2D eigenvalue weighted by molar-refractivity contribution is 0.896. The van der Waals surface area contributed by atoms with Gasteiger partial charge in [0.05, 0.1) is 0 Å². The van der Waals surface area contributed by atoms with Crippen LogP contribution in [0, 0.1) is 0 Å². The van der Waals surface area contributed by atoms with Gasteiger partial charge in [-0.2, -0.15) is 0 Å². The first-order chi connectivity index (χ1) is 9.35. The van der Waals surface area contributed by atoms with Gasteiger partial charge in [-0.05, 0) is 12.0 Å². The Bertz CT molecular complexity index is 512. The second-order valence-electron chi connectivity index (χ2n) is 4.28. The Morgan fingerprint density at radius 3 is 2.53 bits per heavy atom. The molecule has 0 unspecified atom stereocenters. The van der Waals surface area contributed by atoms with E-state index in [0.717, 1.165) is 30.8 Å². The van der Waals surface area contributed by atoms with Crippen molar-refractivity contribution in [2.45, 2.75) is 26.3 Å². The van der Waals surface area contributed by atoms with Gasteiger partial charge in [-0.25, -0.2) is 15.8 Å². The Kier molecular flexibility index (Phi) is 4.69. The highest BCUT2D eigenvalue weighted by atomic mass is 15.3. The number of benzene rings is 1. The molecule has 1 heterocycles. The van der Waals surface area contributed by atoms with E-state index in [-0.39, 0.29) is 0 Å². The third-order valence-corrected chi connectivity index (χ3v) is 2.88. The summed E-state index contributed by atoms with van der Waals surface area (Å²) in [7, 11) is 0. The average Bonchev–Trinajstić information content (AvgIpc) is 2.47. The fourth-order valence-corrected chi connectivity index (χ4v) is 1.96. The summed E-state index contributed by atoms with van der Waals surface area (Å²) >= 11 is 0. The molecule has 0 saturated heterocycles. The molecule has 0 spiro atoms. The van der Waals surface area contributed by atoms with Crippen molar-refractivity contribution < 1.29 is 0 Å². The number of nitrogens with two attached hydrogens (primary N) is 1. The smallest absolute Gasteiger partial charge is 0.148 e. The number of rotatable bonds is 6. The monoisotopic (exact) mass is 257 g/mol. The van der Waals surface area contributed by atoms with Crippen LogP contribution < -0.4 is 16.6 Å². The van der Waals surface area contributed by atoms with Crippen LogP contribution in [0.15, 0.2) is 36.7 Å². The molecular weight excluding hydrogens is 238 g/mol. The molecule has 2 rings (SSSR count). The van der Waals surface area contributed by atoms with Crippen molar-refractivity contribution in [3.05, 3.63) is 47.8 Å². The van der Waals surface area contributed by atoms with E-state index in [9.17, 15) is 0 Å². The maximum Gasteiger partial charge on any atom is 0.148 e. The van der Waals surface area contributed by atoms with E-state index in [1.807, 2.05) is 18.2 Å². The highest BCUT2D eigenvalue weighted by Crippen LogP contribution is 2.21. The summed E-state index contributed by atoms with van der Waals surface area (Å²) in [5.41, 5.74) is 4.87. The van der Waals surface area contributed by atoms with E-state index in [2.05, 4.69) is 39.8 Å². The van der Waals surface area contributed by atoms with Crippen molar-refractivity contribution in [1.29, 1.82) is 0 Å². The van der Waals surface area contributed by atoms with E-state index in [4.69, 9.17) is 5.84 Å². The molecule has 0 aliphatic heterocycles. The number of aromatic nitrogens is 2. The Morgan fingerprint density at radius 2 is 1.84 bits per heavy atom. The van der Waals surface area contributed by atoms with Crippen LogP contribution in [-0.4, -0.2) is 9.97 Å². The first-order valence-corrected chi connectivity index (χ1v) is 6.43. The van der Waals surface area contributed by atoms with E-state index < -0.39 is 0 Å². The zero-order valence-electron chi connectivity index (χ0n) is 11.1. The molecule has 0 aliphatic carbocycles. The van der Waals surface area contributed by atoms with E-state index in [1.165, 1.54) is 11.9 Å². The Balaban J connectivity index is 2.15. The summed E-state index contributed by atoms with van der Waals surface area (Å²) in [5.74, 6) is 7.02. The summed E-state index contributed by atoms with van der Waals surface area (Å²) in [4.78, 5) is 8.45. The summed E-state index contributed by atoms with van der Waals surface area (Å²) < 4.78 is 0. The van der Waals surface area contributed by atoms with Crippen LogP contribution in [0.4, 0.5) is 11.6 Å². The lowest BCUT2D eigenvalue weighted by Gasteiger charge is -2.13. The molecule has 0 amide bonds. The molecule has 19 heavy (non-hydrogen) atoms. The maximum absolute atomic E-state index is 5.49. The Labute approximate surface area is 113 Å². The van der Waals surface area contributed by atoms with Gasteiger partial charge in [0.2, 0.25) is 0 Å². The van der Waals surface area contributed by atoms with Crippen LogP contribution in [0.2, 0.25) is 0 Å². The van der Waals surface area contributed by atoms with E-state index in [1.54, 1.807) is 0 Å². The van der Waals surface area contributed by atoms with Gasteiger partial charge in [0, 0.05) is 12.1 Å². The van der Waals surface area contributed by atoms with Gasteiger partial charge in [0.1, 0.15) is 18.0 Å². The minimum absolute atomic E-state index is 0.687. The molecule has 0 aliphatic rings. The SMILES string of the molecule is CCCc1c(NN)ncnc1NCc1ccccc1. The summed E-state index contributed by atoms with van der Waals surface area (Å²) in [6, 6.07) is 10.2. The molecule has 5 nitrogen and oxygen atoms in total. The van der Waals surface area contributed by atoms with Gasteiger partial charge in [-0.3, -0.25) is 0 Å². The van der Waals surface area contributed by atoms with Crippen LogP contribution in [-0.2, 0) is 13.0 Å². The molecule has 1 aromatic carbocycles. The molecule has 0 bridgehead atoms. The number of nitrogens with zero attached hydrogens (tertiary/aromatic N) is 2. The predicted molar refractivity (Wildman–Crippen MR) is 77.6 cm³/mol. The van der Waals surface area contributed by atoms with Gasteiger partial charge in [-0.15, -0.1) is 0 Å². The predicted octanol–water partition coefficient (Wildman–Crippen LogP) is 2.33. The summed E-state index contributed by atoms with van der Waals surface area (Å²) in [5, 5.41) is 3.34. The molecule has 5 heteroatoms. The Hall–Kier alpha value is -2.14. The number of anilines is 2. The maximum atomic E-state index is 5.49. The van der Waals surface area contributed by atoms with Gasteiger partial charge in [0.25, 0.3) is 0 Å². The minimum Gasteiger partial charge on any atom is -0.366 e. The Morgan fingerprint density at radius 1 is 1.11 bits per heavy atom. The van der Waals surface area contributed by atoms with Crippen molar-refractivity contribution in [3.63, 3.8) is 0 Å². The quantitative estimate of drug-likeness (QED) is 0.547. The molecule has 2 aromatic rings. The summed E-state index contributed by atoms with van der Waals surface area (Å²) in [6.45, 7) is 2.85. The number of hydrogen-bond donors (Lipinski definition) is 3. The van der Waals surface area contributed by atoms with Gasteiger partial charge in [0.15, 0.2) is 0 Å². The molecule has 100 valence electrons. The molecular formula is C14H19N5. The van der Waals surface area contributed by atoms with Crippen LogP contribution >= 0.6 is 0 Å². The van der Waals surface area contributed by atoms with Gasteiger partial charge < -0.3 is 10.7 Å². The van der Waals surface area contributed by atoms with Crippen LogP contribution in [0.25, 0.3) is 0 Å². The fraction of sp³-hybridized carbons (Fsp3) is 0.286. The molecule has 0 saturated carbocycles. The van der Waals surface area contributed by atoms with Gasteiger partial charge >= 0.3 is 0 Å². The third-order valence-electron chi connectivity index (χ3n) is 2.88. The third kappa shape index (κ3) is 3.42. The normalized spacial score (nSPS) is 10.2. The van der Waals surface area contributed by atoms with E-state index in [0.29, 0.717) is 5.82 Å².